The average Bonchev–Trinajstić information content (AvgIpc) is 3.16. The number of hydrogen-bond donors (Lipinski definition) is 1. The van der Waals surface area contributed by atoms with E-state index in [0.29, 0.717) is 36.1 Å². The molecule has 128 valence electrons. The number of sulfonamides is 1. The number of nitrogens with zero attached hydrogens (tertiary/aromatic N) is 4. The van der Waals surface area contributed by atoms with Crippen LogP contribution in [0.4, 0.5) is 5.69 Å². The third-order valence-corrected chi connectivity index (χ3v) is 4.91. The maximum absolute atomic E-state index is 12.6. The van der Waals surface area contributed by atoms with Gasteiger partial charge in [0.2, 0.25) is 0 Å². The molecule has 0 aliphatic carbocycles. The highest BCUT2D eigenvalue weighted by molar-refractivity contribution is 7.92. The van der Waals surface area contributed by atoms with E-state index in [0.717, 1.165) is 0 Å². The zero-order valence-corrected chi connectivity index (χ0v) is 13.7. The van der Waals surface area contributed by atoms with Gasteiger partial charge in [-0.2, -0.15) is 0 Å². The second kappa shape index (κ2) is 6.06. The molecule has 0 amide bonds. The van der Waals surface area contributed by atoms with Crippen LogP contribution >= 0.6 is 0 Å². The molecule has 0 unspecified atom stereocenters. The maximum atomic E-state index is 12.6. The average molecular weight is 359 g/mol. The van der Waals surface area contributed by atoms with Crippen molar-refractivity contribution in [3.05, 3.63) is 48.8 Å². The van der Waals surface area contributed by atoms with Gasteiger partial charge in [-0.25, -0.2) is 13.1 Å². The molecular formula is C15H13N5O4S. The molecule has 3 aromatic rings. The van der Waals surface area contributed by atoms with E-state index < -0.39 is 10.0 Å². The largest absolute Gasteiger partial charge is 0.486 e. The molecule has 1 aliphatic rings. The van der Waals surface area contributed by atoms with Gasteiger partial charge in [0, 0.05) is 6.07 Å². The predicted octanol–water partition coefficient (Wildman–Crippen LogP) is 1.23. The van der Waals surface area contributed by atoms with Crippen LogP contribution in [-0.4, -0.2) is 41.8 Å². The lowest BCUT2D eigenvalue weighted by Gasteiger charge is -2.19. The van der Waals surface area contributed by atoms with Crippen molar-refractivity contribution >= 4 is 15.7 Å². The first-order chi connectivity index (χ1) is 12.1. The van der Waals surface area contributed by atoms with E-state index in [9.17, 15) is 8.42 Å². The standard InChI is InChI=1S/C15H13N5O4S/c21-25(22,13-4-5-14-15(9-13)24-7-6-23-14)17-11-2-1-3-12(8-11)20-10-16-18-19-20/h1-5,8-10,17H,6-7H2. The summed E-state index contributed by atoms with van der Waals surface area (Å²) in [6, 6.07) is 11.2. The second-order valence-corrected chi connectivity index (χ2v) is 6.90. The molecule has 1 aliphatic heterocycles. The molecule has 0 saturated carbocycles. The first kappa shape index (κ1) is 15.4. The molecule has 9 nitrogen and oxygen atoms in total. The smallest absolute Gasteiger partial charge is 0.262 e. The number of nitrogens with one attached hydrogen (secondary N) is 1. The summed E-state index contributed by atoms with van der Waals surface area (Å²) in [5.74, 6) is 0.947. The van der Waals surface area contributed by atoms with Crippen molar-refractivity contribution in [1.29, 1.82) is 0 Å². The summed E-state index contributed by atoms with van der Waals surface area (Å²) in [7, 11) is -3.78. The molecule has 0 radical (unpaired) electrons. The van der Waals surface area contributed by atoms with Crippen molar-refractivity contribution in [3.8, 4) is 17.2 Å². The van der Waals surface area contributed by atoms with Gasteiger partial charge in [-0.15, -0.1) is 5.10 Å². The molecule has 0 bridgehead atoms. The monoisotopic (exact) mass is 359 g/mol. The lowest BCUT2D eigenvalue weighted by Crippen LogP contribution is -2.17. The van der Waals surface area contributed by atoms with E-state index in [1.807, 2.05) is 0 Å². The fourth-order valence-corrected chi connectivity index (χ4v) is 3.46. The van der Waals surface area contributed by atoms with Gasteiger partial charge in [0.15, 0.2) is 11.5 Å². The minimum absolute atomic E-state index is 0.0876. The Kier molecular flexibility index (Phi) is 3.73. The SMILES string of the molecule is O=S(=O)(Nc1cccc(-n2cnnn2)c1)c1ccc2c(c1)OCCO2. The van der Waals surface area contributed by atoms with Gasteiger partial charge in [-0.3, -0.25) is 4.72 Å². The first-order valence-electron chi connectivity index (χ1n) is 7.38. The summed E-state index contributed by atoms with van der Waals surface area (Å²) in [6.45, 7) is 0.833. The molecule has 0 fully saturated rings. The Balaban J connectivity index is 1.62. The Labute approximate surface area is 143 Å². The molecule has 0 saturated heterocycles. The Morgan fingerprint density at radius 1 is 1.04 bits per heavy atom. The van der Waals surface area contributed by atoms with Crippen molar-refractivity contribution in [2.75, 3.05) is 17.9 Å². The first-order valence-corrected chi connectivity index (χ1v) is 8.86. The zero-order chi connectivity index (χ0) is 17.3. The van der Waals surface area contributed by atoms with Crippen LogP contribution in [0, 0.1) is 0 Å². The molecule has 25 heavy (non-hydrogen) atoms. The summed E-state index contributed by atoms with van der Waals surface area (Å²) >= 11 is 0. The van der Waals surface area contributed by atoms with Gasteiger partial charge in [0.05, 0.1) is 16.3 Å². The fraction of sp³-hybridized carbons (Fsp3) is 0.133. The van der Waals surface area contributed by atoms with E-state index in [4.69, 9.17) is 9.47 Å². The van der Waals surface area contributed by atoms with Crippen LogP contribution in [0.1, 0.15) is 0 Å². The fourth-order valence-electron chi connectivity index (χ4n) is 2.40. The number of tetrazole rings is 1. The molecule has 4 rings (SSSR count). The van der Waals surface area contributed by atoms with Gasteiger partial charge in [0.25, 0.3) is 10.0 Å². The van der Waals surface area contributed by atoms with Crippen molar-refractivity contribution in [2.24, 2.45) is 0 Å². The van der Waals surface area contributed by atoms with Gasteiger partial charge >= 0.3 is 0 Å². The van der Waals surface area contributed by atoms with Gasteiger partial charge in [-0.1, -0.05) is 6.07 Å². The highest BCUT2D eigenvalue weighted by Crippen LogP contribution is 2.32. The summed E-state index contributed by atoms with van der Waals surface area (Å²) in [4.78, 5) is 0.0876. The van der Waals surface area contributed by atoms with Crippen molar-refractivity contribution in [3.63, 3.8) is 0 Å². The molecule has 1 aromatic heterocycles. The maximum Gasteiger partial charge on any atom is 0.262 e. The van der Waals surface area contributed by atoms with Crippen LogP contribution in [-0.2, 0) is 10.0 Å². The highest BCUT2D eigenvalue weighted by atomic mass is 32.2. The lowest BCUT2D eigenvalue weighted by atomic mass is 10.3. The molecule has 0 atom stereocenters. The normalized spacial score (nSPS) is 13.4. The van der Waals surface area contributed by atoms with Crippen molar-refractivity contribution < 1.29 is 17.9 Å². The number of anilines is 1. The van der Waals surface area contributed by atoms with Crippen molar-refractivity contribution in [1.82, 2.24) is 20.2 Å². The Morgan fingerprint density at radius 3 is 2.68 bits per heavy atom. The Hall–Kier alpha value is -3.14. The predicted molar refractivity (Wildman–Crippen MR) is 87.4 cm³/mol. The molecular weight excluding hydrogens is 346 g/mol. The van der Waals surface area contributed by atoms with E-state index in [1.165, 1.54) is 23.1 Å². The van der Waals surface area contributed by atoms with Crippen LogP contribution in [0.15, 0.2) is 53.7 Å². The summed E-state index contributed by atoms with van der Waals surface area (Å²) in [6.07, 6.45) is 1.43. The molecule has 1 N–H and O–H groups in total. The third kappa shape index (κ3) is 3.11. The van der Waals surface area contributed by atoms with Crippen LogP contribution < -0.4 is 14.2 Å². The summed E-state index contributed by atoms with van der Waals surface area (Å²) in [5, 5.41) is 10.9. The number of benzene rings is 2. The van der Waals surface area contributed by atoms with Crippen LogP contribution in [0.25, 0.3) is 5.69 Å². The summed E-state index contributed by atoms with van der Waals surface area (Å²) in [5.41, 5.74) is 1.02. The van der Waals surface area contributed by atoms with Crippen LogP contribution in [0.5, 0.6) is 11.5 Å². The lowest BCUT2D eigenvalue weighted by molar-refractivity contribution is 0.171. The van der Waals surface area contributed by atoms with Gasteiger partial charge < -0.3 is 9.47 Å². The Morgan fingerprint density at radius 2 is 1.88 bits per heavy atom. The topological polar surface area (TPSA) is 108 Å². The number of hydrogen-bond acceptors (Lipinski definition) is 7. The van der Waals surface area contributed by atoms with E-state index in [1.54, 1.807) is 30.3 Å². The van der Waals surface area contributed by atoms with Gasteiger partial charge in [-0.05, 0) is 40.8 Å². The van der Waals surface area contributed by atoms with Crippen LogP contribution in [0.3, 0.4) is 0 Å². The van der Waals surface area contributed by atoms with Crippen molar-refractivity contribution in [2.45, 2.75) is 4.90 Å². The quantitative estimate of drug-likeness (QED) is 0.746. The second-order valence-electron chi connectivity index (χ2n) is 5.22. The highest BCUT2D eigenvalue weighted by Gasteiger charge is 2.19. The third-order valence-electron chi connectivity index (χ3n) is 3.54. The molecule has 0 spiro atoms. The Bertz CT molecular complexity index is 1000. The number of aromatic nitrogens is 4. The minimum Gasteiger partial charge on any atom is -0.486 e. The molecule has 2 heterocycles. The number of fused-ring (bicyclic) bond motifs is 1. The number of rotatable bonds is 4. The summed E-state index contributed by atoms with van der Waals surface area (Å²) < 4.78 is 40.1. The van der Waals surface area contributed by atoms with E-state index >= 15 is 0 Å². The molecule has 10 heteroatoms. The van der Waals surface area contributed by atoms with Gasteiger partial charge in [0.1, 0.15) is 19.5 Å². The van der Waals surface area contributed by atoms with E-state index in [-0.39, 0.29) is 4.90 Å². The van der Waals surface area contributed by atoms with Crippen LogP contribution in [0.2, 0.25) is 0 Å². The zero-order valence-electron chi connectivity index (χ0n) is 12.9. The van der Waals surface area contributed by atoms with E-state index in [2.05, 4.69) is 20.2 Å². The molecule has 2 aromatic carbocycles. The number of ether oxygens (including phenoxy) is 2. The minimum atomic E-state index is -3.78.